The van der Waals surface area contributed by atoms with Crippen molar-refractivity contribution in [3.05, 3.63) is 33.8 Å². The first-order chi connectivity index (χ1) is 7.66. The maximum absolute atomic E-state index is 11.9. The molecule has 1 aromatic rings. The lowest BCUT2D eigenvalue weighted by molar-refractivity contribution is -0.121. The molecule has 0 aromatic heterocycles. The lowest BCUT2D eigenvalue weighted by Gasteiger charge is -2.07. The van der Waals surface area contributed by atoms with Gasteiger partial charge in [0.15, 0.2) is 0 Å². The molecule has 1 unspecified atom stereocenters. The molecule has 1 atom stereocenters. The Labute approximate surface area is 110 Å². The molecule has 86 valence electrons. The van der Waals surface area contributed by atoms with Gasteiger partial charge in [0, 0.05) is 18.1 Å². The highest BCUT2D eigenvalue weighted by Gasteiger charge is 2.22. The summed E-state index contributed by atoms with van der Waals surface area (Å²) >= 11 is 13.6. The number of thioether (sulfide) groups is 1. The smallest absolute Gasteiger partial charge is 0.141 e. The Bertz CT molecular complexity index is 400. The molecule has 0 aliphatic carbocycles. The third-order valence-corrected chi connectivity index (χ3v) is 4.65. The molecule has 1 saturated heterocycles. The first-order valence-electron chi connectivity index (χ1n) is 5.21. The lowest BCUT2D eigenvalue weighted by Crippen LogP contribution is -2.16. The second-order valence-electron chi connectivity index (χ2n) is 3.95. The van der Waals surface area contributed by atoms with Crippen molar-refractivity contribution in [3.8, 4) is 0 Å². The summed E-state index contributed by atoms with van der Waals surface area (Å²) < 4.78 is 0. The number of carbonyl (C=O) groups is 1. The summed E-state index contributed by atoms with van der Waals surface area (Å²) in [5, 5.41) is 1.06. The summed E-state index contributed by atoms with van der Waals surface area (Å²) in [6.07, 6.45) is 1.49. The molecule has 1 nitrogen and oxygen atoms in total. The van der Waals surface area contributed by atoms with Crippen molar-refractivity contribution in [2.24, 2.45) is 5.92 Å². The SMILES string of the molecule is O=C(Cc1ccc(Cl)c(Cl)c1)C1CCSC1. The van der Waals surface area contributed by atoms with Gasteiger partial charge in [-0.25, -0.2) is 0 Å². The predicted octanol–water partition coefficient (Wildman–Crippen LogP) is 3.86. The van der Waals surface area contributed by atoms with E-state index in [4.69, 9.17) is 23.2 Å². The van der Waals surface area contributed by atoms with Crippen LogP contribution in [0.15, 0.2) is 18.2 Å². The van der Waals surface area contributed by atoms with Crippen LogP contribution < -0.4 is 0 Å². The molecule has 0 amide bonds. The quantitative estimate of drug-likeness (QED) is 0.833. The third kappa shape index (κ3) is 2.93. The summed E-state index contributed by atoms with van der Waals surface area (Å²) in [4.78, 5) is 11.9. The van der Waals surface area contributed by atoms with Gasteiger partial charge < -0.3 is 0 Å². The van der Waals surface area contributed by atoms with Crippen LogP contribution in [0.4, 0.5) is 0 Å². The van der Waals surface area contributed by atoms with Crippen molar-refractivity contribution < 1.29 is 4.79 Å². The normalized spacial score (nSPS) is 20.0. The van der Waals surface area contributed by atoms with Crippen LogP contribution >= 0.6 is 35.0 Å². The number of ketones is 1. The Hall–Kier alpha value is -0.180. The summed E-state index contributed by atoms with van der Waals surface area (Å²) in [6.45, 7) is 0. The molecule has 0 N–H and O–H groups in total. The molecule has 1 fully saturated rings. The van der Waals surface area contributed by atoms with Crippen molar-refractivity contribution in [3.63, 3.8) is 0 Å². The minimum Gasteiger partial charge on any atom is -0.299 e. The van der Waals surface area contributed by atoms with Crippen molar-refractivity contribution in [2.45, 2.75) is 12.8 Å². The molecule has 0 spiro atoms. The first kappa shape index (κ1) is 12.3. The lowest BCUT2D eigenvalue weighted by atomic mass is 9.97. The van der Waals surface area contributed by atoms with E-state index in [-0.39, 0.29) is 5.92 Å². The van der Waals surface area contributed by atoms with Gasteiger partial charge >= 0.3 is 0 Å². The number of halogens is 2. The highest BCUT2D eigenvalue weighted by molar-refractivity contribution is 7.99. The number of hydrogen-bond acceptors (Lipinski definition) is 2. The van der Waals surface area contributed by atoms with Crippen LogP contribution in [0.5, 0.6) is 0 Å². The highest BCUT2D eigenvalue weighted by atomic mass is 35.5. The number of benzene rings is 1. The van der Waals surface area contributed by atoms with E-state index in [0.717, 1.165) is 23.5 Å². The Kier molecular flexibility index (Phi) is 4.17. The summed E-state index contributed by atoms with van der Waals surface area (Å²) in [7, 11) is 0. The molecule has 0 radical (unpaired) electrons. The molecular weight excluding hydrogens is 263 g/mol. The Morgan fingerprint density at radius 2 is 2.19 bits per heavy atom. The van der Waals surface area contributed by atoms with Crippen molar-refractivity contribution in [1.29, 1.82) is 0 Å². The zero-order valence-corrected chi connectivity index (χ0v) is 11.0. The number of carbonyl (C=O) groups excluding carboxylic acids is 1. The Balaban J connectivity index is 2.02. The van der Waals surface area contributed by atoms with Crippen LogP contribution in [0.1, 0.15) is 12.0 Å². The monoisotopic (exact) mass is 274 g/mol. The van der Waals surface area contributed by atoms with E-state index >= 15 is 0 Å². The topological polar surface area (TPSA) is 17.1 Å². The first-order valence-corrected chi connectivity index (χ1v) is 7.12. The van der Waals surface area contributed by atoms with E-state index < -0.39 is 0 Å². The maximum atomic E-state index is 11.9. The van der Waals surface area contributed by atoms with Gasteiger partial charge in [0.1, 0.15) is 5.78 Å². The van der Waals surface area contributed by atoms with Crippen molar-refractivity contribution in [1.82, 2.24) is 0 Å². The van der Waals surface area contributed by atoms with Crippen LogP contribution in [0, 0.1) is 5.92 Å². The van der Waals surface area contributed by atoms with Crippen molar-refractivity contribution >= 4 is 40.7 Å². The van der Waals surface area contributed by atoms with Gasteiger partial charge in [-0.2, -0.15) is 11.8 Å². The van der Waals surface area contributed by atoms with E-state index in [9.17, 15) is 4.79 Å². The fourth-order valence-corrected chi connectivity index (χ4v) is 3.36. The van der Waals surface area contributed by atoms with E-state index in [1.165, 1.54) is 0 Å². The number of Topliss-reactive ketones (excluding diaryl/α,β-unsaturated/α-hetero) is 1. The van der Waals surface area contributed by atoms with Gasteiger partial charge in [-0.1, -0.05) is 29.3 Å². The largest absolute Gasteiger partial charge is 0.299 e. The van der Waals surface area contributed by atoms with E-state index in [1.807, 2.05) is 17.8 Å². The van der Waals surface area contributed by atoms with Gasteiger partial charge in [0.2, 0.25) is 0 Å². The molecule has 16 heavy (non-hydrogen) atoms. The van der Waals surface area contributed by atoms with Crippen LogP contribution in [0.25, 0.3) is 0 Å². The maximum Gasteiger partial charge on any atom is 0.141 e. The Morgan fingerprint density at radius 1 is 1.38 bits per heavy atom. The molecule has 1 aliphatic heterocycles. The second-order valence-corrected chi connectivity index (χ2v) is 5.92. The van der Waals surface area contributed by atoms with Gasteiger partial charge in [0.25, 0.3) is 0 Å². The minimum atomic E-state index is 0.236. The van der Waals surface area contributed by atoms with Crippen LogP contribution in [-0.2, 0) is 11.2 Å². The number of rotatable bonds is 3. The molecular formula is C12H12Cl2OS. The summed E-state index contributed by atoms with van der Waals surface area (Å²) in [5.74, 6) is 2.64. The van der Waals surface area contributed by atoms with Crippen LogP contribution in [-0.4, -0.2) is 17.3 Å². The number of hydrogen-bond donors (Lipinski definition) is 0. The second kappa shape index (κ2) is 5.44. The highest BCUT2D eigenvalue weighted by Crippen LogP contribution is 2.27. The van der Waals surface area contributed by atoms with E-state index in [2.05, 4.69) is 0 Å². The van der Waals surface area contributed by atoms with Gasteiger partial charge in [-0.05, 0) is 29.9 Å². The van der Waals surface area contributed by atoms with Gasteiger partial charge in [-0.3, -0.25) is 4.79 Å². The standard InChI is InChI=1S/C12H12Cl2OS/c13-10-2-1-8(5-11(10)14)6-12(15)9-3-4-16-7-9/h1-2,5,9H,3-4,6-7H2. The summed E-state index contributed by atoms with van der Waals surface area (Å²) in [5.41, 5.74) is 0.955. The molecule has 0 saturated carbocycles. The molecule has 4 heteroatoms. The van der Waals surface area contributed by atoms with E-state index in [1.54, 1.807) is 12.1 Å². The molecule has 2 rings (SSSR count). The average Bonchev–Trinajstić information content (AvgIpc) is 2.77. The average molecular weight is 275 g/mol. The van der Waals surface area contributed by atoms with Gasteiger partial charge in [-0.15, -0.1) is 0 Å². The van der Waals surface area contributed by atoms with Crippen LogP contribution in [0.2, 0.25) is 10.0 Å². The zero-order valence-electron chi connectivity index (χ0n) is 8.71. The molecule has 1 heterocycles. The van der Waals surface area contributed by atoms with E-state index in [0.29, 0.717) is 22.2 Å². The fourth-order valence-electron chi connectivity index (χ4n) is 1.78. The summed E-state index contributed by atoms with van der Waals surface area (Å²) in [6, 6.07) is 5.40. The molecule has 1 aliphatic rings. The minimum absolute atomic E-state index is 0.236. The fraction of sp³-hybridized carbons (Fsp3) is 0.417. The predicted molar refractivity (Wildman–Crippen MR) is 70.6 cm³/mol. The Morgan fingerprint density at radius 3 is 2.81 bits per heavy atom. The molecule has 0 bridgehead atoms. The molecule has 1 aromatic carbocycles. The van der Waals surface area contributed by atoms with Crippen molar-refractivity contribution in [2.75, 3.05) is 11.5 Å². The van der Waals surface area contributed by atoms with Crippen LogP contribution in [0.3, 0.4) is 0 Å². The zero-order chi connectivity index (χ0) is 11.5. The third-order valence-electron chi connectivity index (χ3n) is 2.75. The van der Waals surface area contributed by atoms with Gasteiger partial charge in [0.05, 0.1) is 10.0 Å².